The summed E-state index contributed by atoms with van der Waals surface area (Å²) in [6.45, 7) is -0.234. The molecule has 1 unspecified atom stereocenters. The Balaban J connectivity index is 2.17. The van der Waals surface area contributed by atoms with Crippen molar-refractivity contribution in [1.29, 1.82) is 0 Å². The number of hydrogen-bond donors (Lipinski definition) is 3. The van der Waals surface area contributed by atoms with Crippen molar-refractivity contribution in [3.8, 4) is 0 Å². The van der Waals surface area contributed by atoms with Gasteiger partial charge in [0.25, 0.3) is 16.9 Å². The van der Waals surface area contributed by atoms with Gasteiger partial charge in [-0.3, -0.25) is 23.6 Å². The van der Waals surface area contributed by atoms with Crippen LogP contribution < -0.4 is 0 Å². The highest BCUT2D eigenvalue weighted by Gasteiger charge is 2.61. The zero-order chi connectivity index (χ0) is 19.8. The molecule has 144 valence electrons. The Morgan fingerprint density at radius 3 is 1.88 bits per heavy atom. The number of carbonyl (C=O) groups is 2. The van der Waals surface area contributed by atoms with Gasteiger partial charge >= 0.3 is 15.2 Å². The summed E-state index contributed by atoms with van der Waals surface area (Å²) in [4.78, 5) is 44.3. The predicted octanol–water partition coefficient (Wildman–Crippen LogP) is 1.37. The van der Waals surface area contributed by atoms with Gasteiger partial charge in [-0.1, -0.05) is 12.1 Å². The zero-order valence-electron chi connectivity index (χ0n) is 14.1. The van der Waals surface area contributed by atoms with E-state index in [1.165, 1.54) is 12.1 Å². The molecular formula is C14H19NO9P2. The molecule has 0 saturated carbocycles. The predicted molar refractivity (Wildman–Crippen MR) is 89.7 cm³/mol. The van der Waals surface area contributed by atoms with Gasteiger partial charge < -0.3 is 23.9 Å². The van der Waals surface area contributed by atoms with Crippen molar-refractivity contribution in [2.45, 2.75) is 17.9 Å². The van der Waals surface area contributed by atoms with Crippen molar-refractivity contribution in [2.24, 2.45) is 0 Å². The molecule has 0 bridgehead atoms. The Labute approximate surface area is 149 Å². The molecule has 10 nitrogen and oxygen atoms in total. The molecule has 1 heterocycles. The number of imide groups is 1. The number of benzene rings is 1. The minimum atomic E-state index is -5.34. The minimum Gasteiger partial charge on any atom is -0.368 e. The molecular weight excluding hydrogens is 388 g/mol. The Morgan fingerprint density at radius 1 is 1.04 bits per heavy atom. The topological polar surface area (TPSA) is 151 Å². The summed E-state index contributed by atoms with van der Waals surface area (Å²) in [6, 6.07) is 6.19. The summed E-state index contributed by atoms with van der Waals surface area (Å²) < 4.78 is 33.2. The Hall–Kier alpha value is -1.38. The van der Waals surface area contributed by atoms with Gasteiger partial charge in [0.2, 0.25) is 0 Å². The van der Waals surface area contributed by atoms with Crippen molar-refractivity contribution in [1.82, 2.24) is 4.90 Å². The van der Waals surface area contributed by atoms with E-state index in [1.54, 1.807) is 12.1 Å². The largest absolute Gasteiger partial charge is 0.374 e. The van der Waals surface area contributed by atoms with Crippen LogP contribution in [0.5, 0.6) is 0 Å². The first-order valence-corrected chi connectivity index (χ1v) is 10.6. The Kier molecular flexibility index (Phi) is 5.90. The van der Waals surface area contributed by atoms with Gasteiger partial charge in [-0.15, -0.1) is 0 Å². The minimum absolute atomic E-state index is 0.224. The highest BCUT2D eigenvalue weighted by molar-refractivity contribution is 7.72. The van der Waals surface area contributed by atoms with Crippen LogP contribution in [-0.2, 0) is 18.2 Å². The third-order valence-electron chi connectivity index (χ3n) is 4.16. The second kappa shape index (κ2) is 7.32. The summed E-state index contributed by atoms with van der Waals surface area (Å²) in [7, 11) is -8.14. The maximum Gasteiger partial charge on any atom is 0.374 e. The van der Waals surface area contributed by atoms with Gasteiger partial charge in [-0.05, 0) is 18.6 Å². The number of carbonyl (C=O) groups excluding carboxylic acids is 2. The number of nitrogens with zero attached hydrogens (tertiary/aromatic N) is 1. The molecule has 1 aromatic carbocycles. The first-order chi connectivity index (χ1) is 12.0. The molecule has 0 aliphatic carbocycles. The number of amides is 2. The molecule has 26 heavy (non-hydrogen) atoms. The quantitative estimate of drug-likeness (QED) is 0.429. The van der Waals surface area contributed by atoms with E-state index < -0.39 is 38.5 Å². The normalized spacial score (nSPS) is 17.3. The van der Waals surface area contributed by atoms with Crippen LogP contribution in [0.3, 0.4) is 0 Å². The highest BCUT2D eigenvalue weighted by Crippen LogP contribution is 2.73. The van der Waals surface area contributed by atoms with Crippen LogP contribution in [0.4, 0.5) is 0 Å². The monoisotopic (exact) mass is 407 g/mol. The van der Waals surface area contributed by atoms with E-state index in [0.717, 1.165) is 19.1 Å². The number of rotatable bonds is 8. The third kappa shape index (κ3) is 3.30. The molecule has 1 aliphatic heterocycles. The smallest absolute Gasteiger partial charge is 0.368 e. The van der Waals surface area contributed by atoms with Crippen molar-refractivity contribution < 1.29 is 42.7 Å². The molecule has 0 radical (unpaired) electrons. The summed E-state index contributed by atoms with van der Waals surface area (Å²) in [5.74, 6) is -1.10. The van der Waals surface area contributed by atoms with Gasteiger partial charge in [0.1, 0.15) is 0 Å². The molecule has 0 fully saturated rings. The zero-order valence-corrected chi connectivity index (χ0v) is 15.9. The van der Waals surface area contributed by atoms with E-state index >= 15 is 0 Å². The van der Waals surface area contributed by atoms with Gasteiger partial charge in [0, 0.05) is 27.2 Å². The lowest BCUT2D eigenvalue weighted by molar-refractivity contribution is 0.0636. The number of aliphatic hydroxyl groups is 1. The van der Waals surface area contributed by atoms with Crippen molar-refractivity contribution in [3.05, 3.63) is 35.4 Å². The van der Waals surface area contributed by atoms with Gasteiger partial charge in [0.05, 0.1) is 11.1 Å². The first kappa shape index (κ1) is 20.9. The maximum atomic E-state index is 12.4. The van der Waals surface area contributed by atoms with E-state index in [0.29, 0.717) is 0 Å². The molecule has 1 aliphatic rings. The molecule has 0 saturated heterocycles. The van der Waals surface area contributed by atoms with Crippen LogP contribution in [-0.4, -0.2) is 57.5 Å². The molecule has 1 atom stereocenters. The molecule has 0 spiro atoms. The lowest BCUT2D eigenvalue weighted by Gasteiger charge is -2.33. The fourth-order valence-corrected chi connectivity index (χ4v) is 6.11. The maximum absolute atomic E-state index is 12.4. The van der Waals surface area contributed by atoms with Crippen molar-refractivity contribution in [2.75, 3.05) is 20.8 Å². The summed E-state index contributed by atoms with van der Waals surface area (Å²) in [5, 5.41) is 7.29. The van der Waals surface area contributed by atoms with Gasteiger partial charge in [-0.2, -0.15) is 0 Å². The van der Waals surface area contributed by atoms with Crippen LogP contribution in [0.15, 0.2) is 24.3 Å². The molecule has 2 amide bonds. The fourth-order valence-electron chi connectivity index (χ4n) is 2.73. The van der Waals surface area contributed by atoms with Gasteiger partial charge in [0.15, 0.2) is 0 Å². The second-order valence-corrected chi connectivity index (χ2v) is 10.2. The summed E-state index contributed by atoms with van der Waals surface area (Å²) >= 11 is 0. The first-order valence-electron chi connectivity index (χ1n) is 7.47. The van der Waals surface area contributed by atoms with E-state index in [4.69, 9.17) is 0 Å². The molecule has 3 N–H and O–H groups in total. The fraction of sp³-hybridized carbons (Fsp3) is 0.429. The van der Waals surface area contributed by atoms with E-state index in [9.17, 15) is 33.6 Å². The third-order valence-corrected chi connectivity index (χ3v) is 8.89. The summed E-state index contributed by atoms with van der Waals surface area (Å²) in [6.07, 6.45) is -0.951. The van der Waals surface area contributed by atoms with E-state index in [-0.39, 0.29) is 24.1 Å². The summed E-state index contributed by atoms with van der Waals surface area (Å²) in [5.41, 5.74) is 0.449. The molecule has 12 heteroatoms. The SMILES string of the molecule is COP(=O)(OC)C(O)(CCCN1C(=O)c2ccccc2C1=O)P(=O)(O)O. The lowest BCUT2D eigenvalue weighted by atomic mass is 10.1. The van der Waals surface area contributed by atoms with Gasteiger partial charge in [-0.25, -0.2) is 0 Å². The average molecular weight is 407 g/mol. The highest BCUT2D eigenvalue weighted by atomic mass is 31.2. The number of fused-ring (bicyclic) bond motifs is 1. The van der Waals surface area contributed by atoms with Crippen LogP contribution in [0.25, 0.3) is 0 Å². The Morgan fingerprint density at radius 2 is 1.50 bits per heavy atom. The average Bonchev–Trinajstić information content (AvgIpc) is 2.85. The lowest BCUT2D eigenvalue weighted by Crippen LogP contribution is -2.34. The molecule has 0 aromatic heterocycles. The van der Waals surface area contributed by atoms with Crippen LogP contribution in [0.2, 0.25) is 0 Å². The Bertz CT molecular complexity index is 777. The second-order valence-electron chi connectivity index (χ2n) is 5.59. The van der Waals surface area contributed by atoms with Crippen LogP contribution in [0, 0.1) is 0 Å². The standard InChI is InChI=1S/C14H19NO9P2/c1-23-26(22,24-2)14(18,25(19,20)21)8-5-9-15-12(16)10-6-3-4-7-11(10)13(15)17/h3-4,6-7,18H,5,8-9H2,1-2H3,(H2,19,20,21). The number of hydrogen-bond acceptors (Lipinski definition) is 7. The van der Waals surface area contributed by atoms with Crippen LogP contribution in [0.1, 0.15) is 33.6 Å². The molecule has 1 aromatic rings. The van der Waals surface area contributed by atoms with E-state index in [1.807, 2.05) is 0 Å². The van der Waals surface area contributed by atoms with Crippen molar-refractivity contribution in [3.63, 3.8) is 0 Å². The molecule has 2 rings (SSSR count). The van der Waals surface area contributed by atoms with E-state index in [2.05, 4.69) is 9.05 Å². The van der Waals surface area contributed by atoms with Crippen molar-refractivity contribution >= 4 is 27.0 Å². The van der Waals surface area contributed by atoms with Crippen LogP contribution >= 0.6 is 15.2 Å².